The Morgan fingerprint density at radius 2 is 2.32 bits per heavy atom. The molecular formula is C19H21FN4O. The number of halogens is 1. The molecule has 1 aromatic carbocycles. The van der Waals surface area contributed by atoms with Crippen LogP contribution in [0.2, 0.25) is 0 Å². The lowest BCUT2D eigenvalue weighted by Crippen LogP contribution is -2.37. The first-order chi connectivity index (χ1) is 12.2. The molecule has 4 rings (SSSR count). The third-order valence-corrected chi connectivity index (χ3v) is 4.92. The van der Waals surface area contributed by atoms with Crippen molar-refractivity contribution in [1.29, 1.82) is 0 Å². The smallest absolute Gasteiger partial charge is 0.227 e. The summed E-state index contributed by atoms with van der Waals surface area (Å²) in [5.41, 5.74) is 2.77. The highest BCUT2D eigenvalue weighted by Crippen LogP contribution is 2.23. The molecule has 1 atom stereocenters. The SMILES string of the molecule is O=C(Cc1cccc(F)c1)N1CCc2nc(C3CCCN3)ncc2C1. The number of amides is 1. The van der Waals surface area contributed by atoms with E-state index < -0.39 is 0 Å². The van der Waals surface area contributed by atoms with E-state index in [0.717, 1.165) is 42.9 Å². The van der Waals surface area contributed by atoms with E-state index in [0.29, 0.717) is 18.7 Å². The van der Waals surface area contributed by atoms with E-state index in [1.807, 2.05) is 11.1 Å². The van der Waals surface area contributed by atoms with Gasteiger partial charge >= 0.3 is 0 Å². The molecule has 1 unspecified atom stereocenters. The first kappa shape index (κ1) is 16.1. The Bertz CT molecular complexity index is 789. The van der Waals surface area contributed by atoms with Crippen molar-refractivity contribution >= 4 is 5.91 Å². The summed E-state index contributed by atoms with van der Waals surface area (Å²) in [6.45, 7) is 2.20. The molecule has 0 radical (unpaired) electrons. The van der Waals surface area contributed by atoms with Gasteiger partial charge < -0.3 is 10.2 Å². The fourth-order valence-electron chi connectivity index (χ4n) is 3.55. The van der Waals surface area contributed by atoms with Crippen LogP contribution in [0.25, 0.3) is 0 Å². The van der Waals surface area contributed by atoms with E-state index in [1.54, 1.807) is 12.1 Å². The normalized spacial score (nSPS) is 19.7. The van der Waals surface area contributed by atoms with Gasteiger partial charge in [0.1, 0.15) is 11.6 Å². The van der Waals surface area contributed by atoms with Gasteiger partial charge in [-0.1, -0.05) is 12.1 Å². The highest BCUT2D eigenvalue weighted by atomic mass is 19.1. The molecule has 2 aromatic rings. The number of nitrogens with zero attached hydrogens (tertiary/aromatic N) is 3. The number of hydrogen-bond donors (Lipinski definition) is 1. The van der Waals surface area contributed by atoms with Gasteiger partial charge in [0.15, 0.2) is 0 Å². The molecule has 2 aliphatic heterocycles. The molecule has 1 saturated heterocycles. The van der Waals surface area contributed by atoms with E-state index in [-0.39, 0.29) is 24.2 Å². The van der Waals surface area contributed by atoms with E-state index in [1.165, 1.54) is 12.1 Å². The maximum Gasteiger partial charge on any atom is 0.227 e. The topological polar surface area (TPSA) is 58.1 Å². The highest BCUT2D eigenvalue weighted by Gasteiger charge is 2.25. The van der Waals surface area contributed by atoms with Crippen LogP contribution in [0.4, 0.5) is 4.39 Å². The summed E-state index contributed by atoms with van der Waals surface area (Å²) in [6, 6.07) is 6.48. The zero-order valence-electron chi connectivity index (χ0n) is 14.0. The molecule has 1 aromatic heterocycles. The fraction of sp³-hybridized carbons (Fsp3) is 0.421. The summed E-state index contributed by atoms with van der Waals surface area (Å²) in [5, 5.41) is 3.42. The Balaban J connectivity index is 1.44. The van der Waals surface area contributed by atoms with Crippen LogP contribution in [-0.2, 0) is 24.2 Å². The summed E-state index contributed by atoms with van der Waals surface area (Å²) >= 11 is 0. The number of carbonyl (C=O) groups is 1. The molecule has 0 spiro atoms. The van der Waals surface area contributed by atoms with Crippen LogP contribution in [0.5, 0.6) is 0 Å². The predicted molar refractivity (Wildman–Crippen MR) is 91.2 cm³/mol. The second kappa shape index (κ2) is 6.88. The first-order valence-electron chi connectivity index (χ1n) is 8.79. The van der Waals surface area contributed by atoms with E-state index in [4.69, 9.17) is 4.98 Å². The van der Waals surface area contributed by atoms with E-state index >= 15 is 0 Å². The van der Waals surface area contributed by atoms with Crippen LogP contribution in [0.15, 0.2) is 30.5 Å². The second-order valence-electron chi connectivity index (χ2n) is 6.72. The quantitative estimate of drug-likeness (QED) is 0.930. The number of rotatable bonds is 3. The molecule has 0 aliphatic carbocycles. The third-order valence-electron chi connectivity index (χ3n) is 4.92. The molecule has 6 heteroatoms. The third kappa shape index (κ3) is 3.54. The Morgan fingerprint density at radius 1 is 1.40 bits per heavy atom. The molecule has 3 heterocycles. The molecule has 1 amide bonds. The average Bonchev–Trinajstić information content (AvgIpc) is 3.15. The van der Waals surface area contributed by atoms with E-state index in [9.17, 15) is 9.18 Å². The first-order valence-corrected chi connectivity index (χ1v) is 8.79. The Hall–Kier alpha value is -2.34. The zero-order valence-corrected chi connectivity index (χ0v) is 14.0. The largest absolute Gasteiger partial charge is 0.338 e. The lowest BCUT2D eigenvalue weighted by atomic mass is 10.0. The fourth-order valence-corrected chi connectivity index (χ4v) is 3.55. The lowest BCUT2D eigenvalue weighted by molar-refractivity contribution is -0.131. The highest BCUT2D eigenvalue weighted by molar-refractivity contribution is 5.79. The lowest BCUT2D eigenvalue weighted by Gasteiger charge is -2.28. The van der Waals surface area contributed by atoms with Crippen LogP contribution in [-0.4, -0.2) is 33.9 Å². The number of nitrogens with one attached hydrogen (secondary N) is 1. The average molecular weight is 340 g/mol. The number of fused-ring (bicyclic) bond motifs is 1. The van der Waals surface area contributed by atoms with Gasteiger partial charge in [-0.05, 0) is 37.1 Å². The molecular weight excluding hydrogens is 319 g/mol. The van der Waals surface area contributed by atoms with Crippen molar-refractivity contribution in [2.24, 2.45) is 0 Å². The zero-order chi connectivity index (χ0) is 17.2. The number of benzene rings is 1. The van der Waals surface area contributed by atoms with Gasteiger partial charge in [-0.2, -0.15) is 0 Å². The minimum Gasteiger partial charge on any atom is -0.338 e. The van der Waals surface area contributed by atoms with Crippen molar-refractivity contribution in [3.05, 3.63) is 58.9 Å². The van der Waals surface area contributed by atoms with Gasteiger partial charge in [-0.25, -0.2) is 14.4 Å². The van der Waals surface area contributed by atoms with Crippen LogP contribution >= 0.6 is 0 Å². The van der Waals surface area contributed by atoms with Crippen molar-refractivity contribution in [1.82, 2.24) is 20.2 Å². The summed E-state index contributed by atoms with van der Waals surface area (Å²) in [5.74, 6) is 0.573. The van der Waals surface area contributed by atoms with Crippen molar-refractivity contribution < 1.29 is 9.18 Å². The molecule has 1 N–H and O–H groups in total. The van der Waals surface area contributed by atoms with Gasteiger partial charge in [0.05, 0.1) is 18.2 Å². The molecule has 25 heavy (non-hydrogen) atoms. The molecule has 2 aliphatic rings. The molecule has 0 saturated carbocycles. The van der Waals surface area contributed by atoms with Crippen LogP contribution < -0.4 is 5.32 Å². The van der Waals surface area contributed by atoms with Gasteiger partial charge in [-0.3, -0.25) is 4.79 Å². The number of aromatic nitrogens is 2. The maximum absolute atomic E-state index is 13.3. The molecule has 1 fully saturated rings. The van der Waals surface area contributed by atoms with E-state index in [2.05, 4.69) is 10.3 Å². The Labute approximate surface area is 146 Å². The van der Waals surface area contributed by atoms with Crippen molar-refractivity contribution in [3.63, 3.8) is 0 Å². The molecule has 130 valence electrons. The summed E-state index contributed by atoms with van der Waals surface area (Å²) in [6.07, 6.45) is 5.06. The Morgan fingerprint density at radius 3 is 3.12 bits per heavy atom. The summed E-state index contributed by atoms with van der Waals surface area (Å²) in [4.78, 5) is 23.6. The summed E-state index contributed by atoms with van der Waals surface area (Å²) in [7, 11) is 0. The van der Waals surface area contributed by atoms with Crippen LogP contribution in [0.3, 0.4) is 0 Å². The van der Waals surface area contributed by atoms with Gasteiger partial charge in [0.25, 0.3) is 0 Å². The standard InChI is InChI=1S/C19H21FN4O/c20-15-4-1-3-13(9-15)10-18(25)24-8-6-16-14(12-24)11-22-19(23-16)17-5-2-7-21-17/h1,3-4,9,11,17,21H,2,5-8,10,12H2. The van der Waals surface area contributed by atoms with Crippen molar-refractivity contribution in [3.8, 4) is 0 Å². The molecule has 0 bridgehead atoms. The van der Waals surface area contributed by atoms with Gasteiger partial charge in [0.2, 0.25) is 5.91 Å². The number of carbonyl (C=O) groups excluding carboxylic acids is 1. The molecule has 5 nitrogen and oxygen atoms in total. The minimum absolute atomic E-state index is 0.0118. The van der Waals surface area contributed by atoms with Crippen molar-refractivity contribution in [2.45, 2.75) is 38.3 Å². The van der Waals surface area contributed by atoms with Gasteiger partial charge in [-0.15, -0.1) is 0 Å². The Kier molecular flexibility index (Phi) is 4.44. The van der Waals surface area contributed by atoms with Gasteiger partial charge in [0, 0.05) is 31.3 Å². The van der Waals surface area contributed by atoms with Crippen molar-refractivity contribution in [2.75, 3.05) is 13.1 Å². The minimum atomic E-state index is -0.309. The number of hydrogen-bond acceptors (Lipinski definition) is 4. The maximum atomic E-state index is 13.3. The van der Waals surface area contributed by atoms with Crippen LogP contribution in [0.1, 0.15) is 41.5 Å². The van der Waals surface area contributed by atoms with Crippen LogP contribution in [0, 0.1) is 5.82 Å². The summed E-state index contributed by atoms with van der Waals surface area (Å²) < 4.78 is 13.3. The second-order valence-corrected chi connectivity index (χ2v) is 6.72. The predicted octanol–water partition coefficient (Wildman–Crippen LogP) is 2.17. The monoisotopic (exact) mass is 340 g/mol.